The van der Waals surface area contributed by atoms with E-state index < -0.39 is 16.4 Å². The molecule has 0 spiro atoms. The molecule has 0 N–H and O–H groups in total. The molecule has 0 aliphatic heterocycles. The first-order valence-corrected chi connectivity index (χ1v) is 6.34. The second-order valence-electron chi connectivity index (χ2n) is 3.60. The minimum Gasteiger partial charge on any atom is -0.284 e. The van der Waals surface area contributed by atoms with Crippen LogP contribution in [-0.4, -0.2) is 16.4 Å². The van der Waals surface area contributed by atoms with E-state index in [0.717, 1.165) is 0 Å². The van der Waals surface area contributed by atoms with Gasteiger partial charge in [-0.2, -0.15) is 18.3 Å². The van der Waals surface area contributed by atoms with Gasteiger partial charge < -0.3 is 0 Å². The fourth-order valence-corrected chi connectivity index (χ4v) is 1.84. The highest BCUT2D eigenvalue weighted by Crippen LogP contribution is 2.36. The summed E-state index contributed by atoms with van der Waals surface area (Å²) >= 11 is 22.0. The van der Waals surface area contributed by atoms with Gasteiger partial charge in [0.05, 0.1) is 5.69 Å². The van der Waals surface area contributed by atoms with Crippen molar-refractivity contribution in [3.63, 3.8) is 0 Å². The van der Waals surface area contributed by atoms with Crippen LogP contribution in [0.15, 0.2) is 22.4 Å². The normalized spacial score (nSPS) is 13.0. The Morgan fingerprint density at radius 2 is 1.75 bits per heavy atom. The van der Waals surface area contributed by atoms with Gasteiger partial charge in [0, 0.05) is 10.0 Å². The molecular weight excluding hydrogens is 363 g/mol. The molecule has 0 radical (unpaired) electrons. The molecule has 0 aliphatic rings. The number of halogens is 7. The maximum absolute atomic E-state index is 12.2. The lowest BCUT2D eigenvalue weighted by atomic mass is 10.2. The maximum Gasteiger partial charge on any atom is 0.455 e. The van der Waals surface area contributed by atoms with Crippen molar-refractivity contribution in [1.29, 1.82) is 0 Å². The molecule has 1 rings (SSSR count). The SMILES string of the molecule is Cc1c(Cl)cc(Cl)cc1N=NC(Cl)(Cl)C(=O)C(F)(F)F. The van der Waals surface area contributed by atoms with Gasteiger partial charge >= 0.3 is 6.18 Å². The van der Waals surface area contributed by atoms with Gasteiger partial charge in [-0.05, 0) is 24.6 Å². The molecule has 0 saturated heterocycles. The van der Waals surface area contributed by atoms with Crippen molar-refractivity contribution in [3.05, 3.63) is 27.7 Å². The molecular formula is C10H5Cl4F3N2O. The largest absolute Gasteiger partial charge is 0.455 e. The Morgan fingerprint density at radius 3 is 2.25 bits per heavy atom. The number of Topliss-reactive ketones (excluding diaryl/α,β-unsaturated/α-hetero) is 1. The molecule has 1 aromatic carbocycles. The maximum atomic E-state index is 12.2. The van der Waals surface area contributed by atoms with Gasteiger partial charge in [0.15, 0.2) is 0 Å². The molecule has 0 unspecified atom stereocenters. The molecule has 0 amide bonds. The summed E-state index contributed by atoms with van der Waals surface area (Å²) in [7, 11) is 0. The van der Waals surface area contributed by atoms with Gasteiger partial charge in [0.25, 0.3) is 10.2 Å². The standard InChI is InChI=1S/C10H5Cl4F3N2O/c1-4-6(12)2-5(11)3-7(4)18-19-9(13,14)8(20)10(15,16)17/h2-3H,1H3. The number of benzene rings is 1. The molecule has 0 bridgehead atoms. The Hall–Kier alpha value is -0.560. The van der Waals surface area contributed by atoms with Gasteiger partial charge in [-0.3, -0.25) is 4.79 Å². The third kappa shape index (κ3) is 4.22. The van der Waals surface area contributed by atoms with E-state index >= 15 is 0 Å². The van der Waals surface area contributed by atoms with Crippen LogP contribution >= 0.6 is 46.4 Å². The van der Waals surface area contributed by atoms with E-state index in [4.69, 9.17) is 46.4 Å². The summed E-state index contributed by atoms with van der Waals surface area (Å²) in [5.74, 6) is -2.44. The lowest BCUT2D eigenvalue weighted by molar-refractivity contribution is -0.171. The van der Waals surface area contributed by atoms with E-state index in [-0.39, 0.29) is 15.7 Å². The van der Waals surface area contributed by atoms with Gasteiger partial charge in [-0.25, -0.2) is 0 Å². The fourth-order valence-electron chi connectivity index (χ4n) is 1.07. The lowest BCUT2D eigenvalue weighted by Gasteiger charge is -2.13. The number of rotatable bonds is 3. The molecule has 10 heteroatoms. The van der Waals surface area contributed by atoms with Gasteiger partial charge in [0.2, 0.25) is 0 Å². The molecule has 0 fully saturated rings. The molecule has 0 atom stereocenters. The number of hydrogen-bond donors (Lipinski definition) is 0. The monoisotopic (exact) mass is 366 g/mol. The molecule has 0 heterocycles. The van der Waals surface area contributed by atoms with Crippen LogP contribution in [-0.2, 0) is 4.79 Å². The van der Waals surface area contributed by atoms with Crippen LogP contribution in [0.1, 0.15) is 5.56 Å². The highest BCUT2D eigenvalue weighted by Gasteiger charge is 2.52. The zero-order chi connectivity index (χ0) is 15.7. The Labute approximate surface area is 131 Å². The first-order chi connectivity index (χ1) is 8.95. The van der Waals surface area contributed by atoms with Crippen LogP contribution < -0.4 is 0 Å². The van der Waals surface area contributed by atoms with E-state index in [1.54, 1.807) is 0 Å². The number of nitrogens with zero attached hydrogens (tertiary/aromatic N) is 2. The predicted octanol–water partition coefficient (Wildman–Crippen LogP) is 5.65. The third-order valence-corrected chi connectivity index (χ3v) is 3.20. The number of azo groups is 1. The van der Waals surface area contributed by atoms with Crippen molar-refractivity contribution in [2.75, 3.05) is 0 Å². The molecule has 110 valence electrons. The summed E-state index contributed by atoms with van der Waals surface area (Å²) in [6.45, 7) is 1.53. The van der Waals surface area contributed by atoms with Crippen LogP contribution in [0.3, 0.4) is 0 Å². The van der Waals surface area contributed by atoms with Gasteiger partial charge in [-0.15, -0.1) is 5.11 Å². The summed E-state index contributed by atoms with van der Waals surface area (Å²) < 4.78 is 33.6. The van der Waals surface area contributed by atoms with Crippen molar-refractivity contribution >= 4 is 57.9 Å². The van der Waals surface area contributed by atoms with E-state index in [1.807, 2.05) is 0 Å². The van der Waals surface area contributed by atoms with Crippen LogP contribution in [0.25, 0.3) is 0 Å². The van der Waals surface area contributed by atoms with Crippen LogP contribution in [0.5, 0.6) is 0 Å². The van der Waals surface area contributed by atoms with E-state index in [2.05, 4.69) is 10.2 Å². The lowest BCUT2D eigenvalue weighted by Crippen LogP contribution is -2.36. The van der Waals surface area contributed by atoms with Crippen molar-refractivity contribution in [2.24, 2.45) is 10.2 Å². The quantitative estimate of drug-likeness (QED) is 0.386. The highest BCUT2D eigenvalue weighted by atomic mass is 35.5. The van der Waals surface area contributed by atoms with E-state index in [0.29, 0.717) is 5.56 Å². The van der Waals surface area contributed by atoms with Crippen LogP contribution in [0, 0.1) is 6.92 Å². The number of hydrogen-bond acceptors (Lipinski definition) is 3. The Kier molecular flexibility index (Phi) is 5.29. The molecule has 3 nitrogen and oxygen atoms in total. The molecule has 20 heavy (non-hydrogen) atoms. The minimum absolute atomic E-state index is 0.0446. The highest BCUT2D eigenvalue weighted by molar-refractivity contribution is 6.58. The average Bonchev–Trinajstić information content (AvgIpc) is 2.29. The Morgan fingerprint density at radius 1 is 1.20 bits per heavy atom. The number of alkyl halides is 5. The first kappa shape index (κ1) is 17.5. The average molecular weight is 368 g/mol. The summed E-state index contributed by atoms with van der Waals surface area (Å²) in [4.78, 5) is 10.9. The van der Waals surface area contributed by atoms with Crippen LogP contribution in [0.4, 0.5) is 18.9 Å². The molecule has 0 saturated carbocycles. The van der Waals surface area contributed by atoms with E-state index in [1.165, 1.54) is 19.1 Å². The van der Waals surface area contributed by atoms with E-state index in [9.17, 15) is 18.0 Å². The van der Waals surface area contributed by atoms with Crippen molar-refractivity contribution in [1.82, 2.24) is 0 Å². The summed E-state index contributed by atoms with van der Waals surface area (Å²) in [6, 6.07) is 2.70. The van der Waals surface area contributed by atoms with Crippen molar-refractivity contribution in [2.45, 2.75) is 17.6 Å². The Balaban J connectivity index is 3.13. The first-order valence-electron chi connectivity index (χ1n) is 4.83. The summed E-state index contributed by atoms with van der Waals surface area (Å²) in [6.07, 6.45) is -5.23. The molecule has 1 aromatic rings. The topological polar surface area (TPSA) is 41.8 Å². The second kappa shape index (κ2) is 6.05. The molecule has 0 aliphatic carbocycles. The zero-order valence-electron chi connectivity index (χ0n) is 9.60. The predicted molar refractivity (Wildman–Crippen MR) is 71.2 cm³/mol. The summed E-state index contributed by atoms with van der Waals surface area (Å²) in [5.41, 5.74) is 0.437. The Bertz CT molecular complexity index is 572. The number of carbonyl (C=O) groups excluding carboxylic acids is 1. The summed E-state index contributed by atoms with van der Waals surface area (Å²) in [5, 5.41) is 6.82. The van der Waals surface area contributed by atoms with Crippen LogP contribution in [0.2, 0.25) is 10.0 Å². The second-order valence-corrected chi connectivity index (χ2v) is 5.73. The minimum atomic E-state index is -5.23. The van der Waals surface area contributed by atoms with Gasteiger partial charge in [0.1, 0.15) is 0 Å². The fraction of sp³-hybridized carbons (Fsp3) is 0.300. The van der Waals surface area contributed by atoms with Crippen molar-refractivity contribution in [3.8, 4) is 0 Å². The molecule has 0 aromatic heterocycles. The smallest absolute Gasteiger partial charge is 0.284 e. The third-order valence-electron chi connectivity index (χ3n) is 2.10. The zero-order valence-corrected chi connectivity index (χ0v) is 12.6. The van der Waals surface area contributed by atoms with Crippen molar-refractivity contribution < 1.29 is 18.0 Å². The number of ketones is 1. The van der Waals surface area contributed by atoms with Gasteiger partial charge in [-0.1, -0.05) is 46.4 Å². The number of carbonyl (C=O) groups is 1.